The van der Waals surface area contributed by atoms with E-state index >= 15 is 0 Å². The largest absolute Gasteiger partial charge is 0.377 e. The lowest BCUT2D eigenvalue weighted by atomic mass is 10.2. The summed E-state index contributed by atoms with van der Waals surface area (Å²) in [6.45, 7) is 10.1. The average molecular weight is 269 g/mol. The molecule has 0 saturated carbocycles. The van der Waals surface area contributed by atoms with Crippen LogP contribution in [0.25, 0.3) is 0 Å². The van der Waals surface area contributed by atoms with Gasteiger partial charge in [0.05, 0.1) is 19.3 Å². The monoisotopic (exact) mass is 269 g/mol. The van der Waals surface area contributed by atoms with Crippen LogP contribution in [0.3, 0.4) is 0 Å². The maximum absolute atomic E-state index is 5.54. The Morgan fingerprint density at radius 3 is 3.17 bits per heavy atom. The highest BCUT2D eigenvalue weighted by molar-refractivity contribution is 7.15. The van der Waals surface area contributed by atoms with E-state index in [-0.39, 0.29) is 0 Å². The minimum atomic E-state index is 0.391. The van der Waals surface area contributed by atoms with Crippen LogP contribution in [0.15, 0.2) is 6.20 Å². The van der Waals surface area contributed by atoms with E-state index in [0.717, 1.165) is 37.9 Å². The van der Waals surface area contributed by atoms with Gasteiger partial charge in [-0.3, -0.25) is 0 Å². The van der Waals surface area contributed by atoms with Crippen LogP contribution in [0.4, 0.5) is 5.13 Å². The fraction of sp³-hybridized carbons (Fsp3) is 0.769. The second-order valence-electron chi connectivity index (χ2n) is 4.65. The lowest BCUT2D eigenvalue weighted by Crippen LogP contribution is -2.45. The molecule has 5 heteroatoms. The first-order valence-electron chi connectivity index (χ1n) is 6.79. The standard InChI is InChI=1S/C13H23N3OS/c1-4-11-9-17-7-6-16(11)13-15-8-12(18-13)10(3)14-5-2/h8,10-11,14H,4-7,9H2,1-3H3. The highest BCUT2D eigenvalue weighted by atomic mass is 32.1. The molecule has 0 bridgehead atoms. The second kappa shape index (κ2) is 6.50. The number of nitrogens with one attached hydrogen (secondary N) is 1. The zero-order valence-corrected chi connectivity index (χ0v) is 12.3. The minimum Gasteiger partial charge on any atom is -0.377 e. The van der Waals surface area contributed by atoms with Crippen molar-refractivity contribution < 1.29 is 4.74 Å². The van der Waals surface area contributed by atoms with Gasteiger partial charge in [0.2, 0.25) is 0 Å². The lowest BCUT2D eigenvalue weighted by molar-refractivity contribution is 0.0930. The van der Waals surface area contributed by atoms with Gasteiger partial charge in [-0.1, -0.05) is 13.8 Å². The molecule has 0 aliphatic carbocycles. The molecular formula is C13H23N3OS. The molecule has 2 heterocycles. The second-order valence-corrected chi connectivity index (χ2v) is 5.70. The van der Waals surface area contributed by atoms with Gasteiger partial charge in [-0.05, 0) is 19.9 Å². The Bertz CT molecular complexity index is 369. The number of aromatic nitrogens is 1. The first-order valence-corrected chi connectivity index (χ1v) is 7.61. The molecule has 2 unspecified atom stereocenters. The van der Waals surface area contributed by atoms with Crippen LogP contribution in [0.5, 0.6) is 0 Å². The van der Waals surface area contributed by atoms with E-state index in [2.05, 4.69) is 36.0 Å². The van der Waals surface area contributed by atoms with E-state index in [4.69, 9.17) is 4.74 Å². The summed E-state index contributed by atoms with van der Waals surface area (Å²) in [4.78, 5) is 8.30. The topological polar surface area (TPSA) is 37.4 Å². The molecular weight excluding hydrogens is 246 g/mol. The fourth-order valence-electron chi connectivity index (χ4n) is 2.26. The molecule has 1 fully saturated rings. The summed E-state index contributed by atoms with van der Waals surface area (Å²) in [5.41, 5.74) is 0. The molecule has 1 saturated heterocycles. The number of morpholine rings is 1. The van der Waals surface area contributed by atoms with Crippen LogP contribution < -0.4 is 10.2 Å². The van der Waals surface area contributed by atoms with Crippen LogP contribution in [-0.2, 0) is 4.74 Å². The smallest absolute Gasteiger partial charge is 0.185 e. The number of ether oxygens (including phenoxy) is 1. The Labute approximate surface area is 113 Å². The lowest BCUT2D eigenvalue weighted by Gasteiger charge is -2.34. The third kappa shape index (κ3) is 3.02. The third-order valence-corrected chi connectivity index (χ3v) is 4.61. The van der Waals surface area contributed by atoms with Gasteiger partial charge in [0.25, 0.3) is 0 Å². The number of hydrogen-bond donors (Lipinski definition) is 1. The van der Waals surface area contributed by atoms with Gasteiger partial charge >= 0.3 is 0 Å². The van der Waals surface area contributed by atoms with Gasteiger partial charge in [-0.25, -0.2) is 4.98 Å². The molecule has 1 aliphatic heterocycles. The molecule has 2 atom stereocenters. The zero-order valence-electron chi connectivity index (χ0n) is 11.5. The Hall–Kier alpha value is -0.650. The predicted octanol–water partition coefficient (Wildman–Crippen LogP) is 2.43. The van der Waals surface area contributed by atoms with E-state index in [0.29, 0.717) is 12.1 Å². The van der Waals surface area contributed by atoms with Crippen molar-refractivity contribution in [3.05, 3.63) is 11.1 Å². The van der Waals surface area contributed by atoms with Gasteiger partial charge < -0.3 is 15.0 Å². The maximum Gasteiger partial charge on any atom is 0.185 e. The molecule has 4 nitrogen and oxygen atoms in total. The van der Waals surface area contributed by atoms with Gasteiger partial charge in [0.15, 0.2) is 5.13 Å². The third-order valence-electron chi connectivity index (χ3n) is 3.39. The van der Waals surface area contributed by atoms with Gasteiger partial charge in [0, 0.05) is 23.7 Å². The Balaban J connectivity index is 2.08. The summed E-state index contributed by atoms with van der Waals surface area (Å²) in [5.74, 6) is 0. The molecule has 102 valence electrons. The molecule has 0 radical (unpaired) electrons. The molecule has 0 spiro atoms. The van der Waals surface area contributed by atoms with Crippen LogP contribution in [0.2, 0.25) is 0 Å². The zero-order chi connectivity index (χ0) is 13.0. The number of hydrogen-bond acceptors (Lipinski definition) is 5. The Kier molecular flexibility index (Phi) is 4.97. The van der Waals surface area contributed by atoms with Gasteiger partial charge in [-0.15, -0.1) is 11.3 Å². The summed E-state index contributed by atoms with van der Waals surface area (Å²) in [6.07, 6.45) is 3.12. The summed E-state index contributed by atoms with van der Waals surface area (Å²) in [6, 6.07) is 0.870. The van der Waals surface area contributed by atoms with Crippen molar-refractivity contribution >= 4 is 16.5 Å². The predicted molar refractivity (Wildman–Crippen MR) is 76.4 cm³/mol. The quantitative estimate of drug-likeness (QED) is 0.891. The fourth-order valence-corrected chi connectivity index (χ4v) is 3.30. The molecule has 1 aromatic heterocycles. The van der Waals surface area contributed by atoms with Crippen molar-refractivity contribution in [2.24, 2.45) is 0 Å². The van der Waals surface area contributed by atoms with E-state index in [1.807, 2.05) is 6.20 Å². The van der Waals surface area contributed by atoms with Crippen LogP contribution >= 0.6 is 11.3 Å². The molecule has 0 amide bonds. The Morgan fingerprint density at radius 1 is 1.61 bits per heavy atom. The highest BCUT2D eigenvalue weighted by Gasteiger charge is 2.24. The average Bonchev–Trinajstić information content (AvgIpc) is 2.88. The summed E-state index contributed by atoms with van der Waals surface area (Å²) >= 11 is 1.80. The summed E-state index contributed by atoms with van der Waals surface area (Å²) in [5, 5.41) is 4.57. The summed E-state index contributed by atoms with van der Waals surface area (Å²) in [7, 11) is 0. The van der Waals surface area contributed by atoms with E-state index in [1.54, 1.807) is 11.3 Å². The number of nitrogens with zero attached hydrogens (tertiary/aromatic N) is 2. The molecule has 0 aromatic carbocycles. The number of anilines is 1. The van der Waals surface area contributed by atoms with Crippen molar-refractivity contribution in [3.63, 3.8) is 0 Å². The number of rotatable bonds is 5. The van der Waals surface area contributed by atoms with Gasteiger partial charge in [0.1, 0.15) is 0 Å². The van der Waals surface area contributed by atoms with Crippen molar-refractivity contribution in [1.29, 1.82) is 0 Å². The molecule has 1 aliphatic rings. The summed E-state index contributed by atoms with van der Waals surface area (Å²) < 4.78 is 5.54. The van der Waals surface area contributed by atoms with Crippen molar-refractivity contribution in [2.45, 2.75) is 39.3 Å². The molecule has 2 rings (SSSR count). The van der Waals surface area contributed by atoms with E-state index < -0.39 is 0 Å². The van der Waals surface area contributed by atoms with Crippen molar-refractivity contribution in [1.82, 2.24) is 10.3 Å². The molecule has 18 heavy (non-hydrogen) atoms. The maximum atomic E-state index is 5.54. The van der Waals surface area contributed by atoms with Crippen LogP contribution in [0.1, 0.15) is 38.1 Å². The van der Waals surface area contributed by atoms with Crippen molar-refractivity contribution in [3.8, 4) is 0 Å². The minimum absolute atomic E-state index is 0.391. The first kappa shape index (κ1) is 13.8. The van der Waals surface area contributed by atoms with Gasteiger partial charge in [-0.2, -0.15) is 0 Å². The Morgan fingerprint density at radius 2 is 2.44 bits per heavy atom. The SMILES string of the molecule is CCNC(C)c1cnc(N2CCOCC2CC)s1. The van der Waals surface area contributed by atoms with Crippen LogP contribution in [-0.4, -0.2) is 37.3 Å². The van der Waals surface area contributed by atoms with Crippen LogP contribution in [0, 0.1) is 0 Å². The first-order chi connectivity index (χ1) is 8.76. The van der Waals surface area contributed by atoms with E-state index in [9.17, 15) is 0 Å². The number of thiazole rings is 1. The normalized spacial score (nSPS) is 22.2. The van der Waals surface area contributed by atoms with E-state index in [1.165, 1.54) is 4.88 Å². The molecule has 1 aromatic rings. The molecule has 1 N–H and O–H groups in total. The van der Waals surface area contributed by atoms with Crippen molar-refractivity contribution in [2.75, 3.05) is 31.2 Å². The highest BCUT2D eigenvalue weighted by Crippen LogP contribution is 2.29.